The maximum atomic E-state index is 17.1. The standard InChI is InChI=1S/C43H46F3N7O4/c1-3-31-34(45)14-11-26-18-30(54)19-32(37(26)31)39-38(46)40-33(21-48-39)41(50-42(49-40)57-25-43-15-9-17-52(43)22-27(44)20-43)51-23-28-12-13-29(24-51)53(28)36(56)10-7-5-6-8-16-47-35(55)4-2/h1,4,11,14,18-19,21,27-29,54H,2,5-10,12-13,15-17,20,22-25H2,(H,47,55)/t27-,28?,29?,43+/m1/s1. The number of nitrogens with one attached hydrogen (secondary N) is 1. The quantitative estimate of drug-likeness (QED) is 0.0928. The normalized spacial score (nSPS) is 22.9. The fourth-order valence-corrected chi connectivity index (χ4v) is 9.57. The molecule has 4 fully saturated rings. The Morgan fingerprint density at radius 1 is 1.11 bits per heavy atom. The van der Waals surface area contributed by atoms with E-state index in [9.17, 15) is 23.5 Å². The van der Waals surface area contributed by atoms with Gasteiger partial charge in [0.25, 0.3) is 0 Å². The smallest absolute Gasteiger partial charge is 0.319 e. The molecule has 0 aliphatic carbocycles. The number of anilines is 1. The molecule has 4 aromatic rings. The number of unbranched alkanes of at least 4 members (excludes halogenated alkanes) is 3. The van der Waals surface area contributed by atoms with E-state index in [1.807, 2.05) is 9.80 Å². The van der Waals surface area contributed by atoms with Crippen LogP contribution in [0.3, 0.4) is 0 Å². The number of amides is 2. The summed E-state index contributed by atoms with van der Waals surface area (Å²) in [4.78, 5) is 45.1. The van der Waals surface area contributed by atoms with E-state index in [0.29, 0.717) is 55.6 Å². The van der Waals surface area contributed by atoms with Crippen LogP contribution in [0.4, 0.5) is 19.0 Å². The van der Waals surface area contributed by atoms with Crippen molar-refractivity contribution in [3.8, 4) is 35.4 Å². The molecule has 0 saturated carbocycles. The third-order valence-corrected chi connectivity index (χ3v) is 12.2. The predicted octanol–water partition coefficient (Wildman–Crippen LogP) is 6.20. The van der Waals surface area contributed by atoms with Gasteiger partial charge in [-0.05, 0) is 74.7 Å². The molecule has 0 radical (unpaired) electrons. The number of carbonyl (C=O) groups excluding carboxylic acids is 2. The Labute approximate surface area is 329 Å². The average Bonchev–Trinajstić information content (AvgIpc) is 3.82. The molecule has 0 spiro atoms. The second-order valence-electron chi connectivity index (χ2n) is 15.8. The number of terminal acetylenes is 1. The molecule has 2 amide bonds. The Balaban J connectivity index is 1.09. The van der Waals surface area contributed by atoms with Crippen LogP contribution in [0, 0.1) is 24.0 Å². The first kappa shape index (κ1) is 38.5. The number of alkyl halides is 1. The van der Waals surface area contributed by atoms with E-state index < -0.39 is 23.3 Å². The summed E-state index contributed by atoms with van der Waals surface area (Å²) in [6.07, 6.45) is 14.9. The lowest BCUT2D eigenvalue weighted by Crippen LogP contribution is -2.56. The number of phenols is 1. The maximum absolute atomic E-state index is 17.1. The molecule has 57 heavy (non-hydrogen) atoms. The third kappa shape index (κ3) is 7.33. The van der Waals surface area contributed by atoms with Gasteiger partial charge in [0.2, 0.25) is 11.8 Å². The first-order chi connectivity index (χ1) is 27.6. The van der Waals surface area contributed by atoms with Crippen LogP contribution in [0.15, 0.2) is 43.1 Å². The molecule has 2 aromatic heterocycles. The molecule has 4 atom stereocenters. The van der Waals surface area contributed by atoms with Crippen LogP contribution in [0.5, 0.6) is 11.8 Å². The summed E-state index contributed by atoms with van der Waals surface area (Å²) in [6.45, 7) is 6.21. The number of pyridine rings is 1. The number of aromatic hydroxyl groups is 1. The molecule has 14 heteroatoms. The van der Waals surface area contributed by atoms with Crippen LogP contribution in [-0.2, 0) is 9.59 Å². The Morgan fingerprint density at radius 2 is 1.89 bits per heavy atom. The Morgan fingerprint density at radius 3 is 2.67 bits per heavy atom. The van der Waals surface area contributed by atoms with Crippen molar-refractivity contribution in [1.82, 2.24) is 30.1 Å². The van der Waals surface area contributed by atoms with Crippen LogP contribution in [0.25, 0.3) is 32.9 Å². The van der Waals surface area contributed by atoms with Gasteiger partial charge in [-0.3, -0.25) is 19.5 Å². The van der Waals surface area contributed by atoms with E-state index in [1.165, 1.54) is 36.5 Å². The van der Waals surface area contributed by atoms with Crippen molar-refractivity contribution >= 4 is 39.3 Å². The van der Waals surface area contributed by atoms with Gasteiger partial charge in [-0.2, -0.15) is 9.97 Å². The zero-order chi connectivity index (χ0) is 39.8. The molecule has 8 rings (SSSR count). The molecule has 2 aromatic carbocycles. The number of hydrogen-bond donors (Lipinski definition) is 2. The van der Waals surface area contributed by atoms with Gasteiger partial charge in [0.05, 0.1) is 16.5 Å². The Kier molecular flexibility index (Phi) is 10.7. The van der Waals surface area contributed by atoms with Crippen molar-refractivity contribution in [3.63, 3.8) is 0 Å². The number of carbonyl (C=O) groups is 2. The fraction of sp³-hybridized carbons (Fsp3) is 0.465. The highest BCUT2D eigenvalue weighted by Crippen LogP contribution is 2.42. The highest BCUT2D eigenvalue weighted by molar-refractivity contribution is 6.03. The molecule has 2 N–H and O–H groups in total. The molecule has 2 bridgehead atoms. The van der Waals surface area contributed by atoms with Crippen LogP contribution < -0.4 is 15.0 Å². The van der Waals surface area contributed by atoms with E-state index in [0.717, 1.165) is 57.9 Å². The van der Waals surface area contributed by atoms with Crippen molar-refractivity contribution in [2.75, 3.05) is 44.2 Å². The summed E-state index contributed by atoms with van der Waals surface area (Å²) in [5, 5.41) is 14.4. The van der Waals surface area contributed by atoms with Crippen LogP contribution >= 0.6 is 0 Å². The van der Waals surface area contributed by atoms with Crippen molar-refractivity contribution in [2.45, 2.75) is 88.0 Å². The summed E-state index contributed by atoms with van der Waals surface area (Å²) >= 11 is 0. The Bertz CT molecular complexity index is 2270. The zero-order valence-corrected chi connectivity index (χ0v) is 31.8. The van der Waals surface area contributed by atoms with Crippen molar-refractivity contribution in [1.29, 1.82) is 0 Å². The van der Waals surface area contributed by atoms with Crippen molar-refractivity contribution in [3.05, 3.63) is 60.3 Å². The topological polar surface area (TPSA) is 124 Å². The van der Waals surface area contributed by atoms with Crippen LogP contribution in [0.1, 0.15) is 69.8 Å². The summed E-state index contributed by atoms with van der Waals surface area (Å²) in [6, 6.07) is 5.18. The maximum Gasteiger partial charge on any atom is 0.319 e. The van der Waals surface area contributed by atoms with E-state index in [1.54, 1.807) is 0 Å². The molecule has 4 aliphatic heterocycles. The van der Waals surface area contributed by atoms with Gasteiger partial charge in [-0.1, -0.05) is 31.4 Å². The first-order valence-corrected chi connectivity index (χ1v) is 19.9. The predicted molar refractivity (Wildman–Crippen MR) is 210 cm³/mol. The number of aromatic nitrogens is 3. The van der Waals surface area contributed by atoms with Crippen LogP contribution in [-0.4, -0.2) is 105 Å². The highest BCUT2D eigenvalue weighted by atomic mass is 19.1. The van der Waals surface area contributed by atoms with E-state index >= 15 is 4.39 Å². The number of halogens is 3. The minimum absolute atomic E-state index is 0.0666. The highest BCUT2D eigenvalue weighted by Gasteiger charge is 2.49. The van der Waals surface area contributed by atoms with Crippen LogP contribution in [0.2, 0.25) is 0 Å². The number of rotatable bonds is 13. The SMILES string of the molecule is C#Cc1c(F)ccc2cc(O)cc(-c3ncc4c(N5CC6CCC(C5)N6C(=O)CCCCCCNC(=O)C=C)nc(OC[C@@]56CCCN5C[C@H](F)C6)nc4c3F)c12. The zero-order valence-electron chi connectivity index (χ0n) is 31.8. The number of nitrogens with zero attached hydrogens (tertiary/aromatic N) is 6. The fourth-order valence-electron chi connectivity index (χ4n) is 9.57. The number of piperazine rings is 1. The lowest BCUT2D eigenvalue weighted by atomic mass is 9.95. The van der Waals surface area contributed by atoms with Gasteiger partial charge in [0.15, 0.2) is 5.82 Å². The molecular formula is C43H46F3N7O4. The number of hydrogen-bond acceptors (Lipinski definition) is 9. The molecular weight excluding hydrogens is 736 g/mol. The molecule has 4 saturated heterocycles. The summed E-state index contributed by atoms with van der Waals surface area (Å²) < 4.78 is 53.0. The van der Waals surface area contributed by atoms with Gasteiger partial charge in [0, 0.05) is 68.3 Å². The first-order valence-electron chi connectivity index (χ1n) is 19.9. The van der Waals surface area contributed by atoms with E-state index in [-0.39, 0.29) is 70.0 Å². The molecule has 2 unspecified atom stereocenters. The largest absolute Gasteiger partial charge is 0.508 e. The third-order valence-electron chi connectivity index (χ3n) is 12.2. The number of ether oxygens (including phenoxy) is 1. The van der Waals surface area contributed by atoms with Gasteiger partial charge in [-0.15, -0.1) is 6.42 Å². The molecule has 11 nitrogen and oxygen atoms in total. The van der Waals surface area contributed by atoms with Crippen molar-refractivity contribution < 1.29 is 32.6 Å². The van der Waals surface area contributed by atoms with Crippen molar-refractivity contribution in [2.24, 2.45) is 0 Å². The molecule has 4 aliphatic rings. The van der Waals surface area contributed by atoms with Gasteiger partial charge in [0.1, 0.15) is 41.4 Å². The summed E-state index contributed by atoms with van der Waals surface area (Å²) in [5.74, 6) is 1.02. The van der Waals surface area contributed by atoms with Gasteiger partial charge < -0.3 is 25.0 Å². The lowest BCUT2D eigenvalue weighted by Gasteiger charge is -2.42. The second-order valence-corrected chi connectivity index (χ2v) is 15.8. The minimum Gasteiger partial charge on any atom is -0.508 e. The molecule has 6 heterocycles. The van der Waals surface area contributed by atoms with Gasteiger partial charge >= 0.3 is 6.01 Å². The lowest BCUT2D eigenvalue weighted by molar-refractivity contribution is -0.134. The summed E-state index contributed by atoms with van der Waals surface area (Å²) in [5.41, 5.74) is -0.751. The molecule has 298 valence electrons. The van der Waals surface area contributed by atoms with Gasteiger partial charge in [-0.25, -0.2) is 13.2 Å². The second kappa shape index (κ2) is 15.8. The average molecular weight is 782 g/mol. The van der Waals surface area contributed by atoms with E-state index in [4.69, 9.17) is 16.1 Å². The number of fused-ring (bicyclic) bond motifs is 5. The monoisotopic (exact) mass is 781 g/mol. The Hall–Kier alpha value is -5.42. The number of benzene rings is 2. The van der Waals surface area contributed by atoms with E-state index in [2.05, 4.69) is 32.7 Å². The minimum atomic E-state index is -0.964. The number of phenolic OH excluding ortho intramolecular Hbond substituents is 1. The summed E-state index contributed by atoms with van der Waals surface area (Å²) in [7, 11) is 0.